The Morgan fingerprint density at radius 2 is 1.74 bits per heavy atom. The van der Waals surface area contributed by atoms with Crippen molar-refractivity contribution in [3.05, 3.63) is 0 Å². The van der Waals surface area contributed by atoms with Gasteiger partial charge >= 0.3 is 12.3 Å². The number of nitrogens with zero attached hydrogens (tertiary/aromatic N) is 1. The SMILES string of the molecule is FCOC(F)(F)C(F)(C(F)C(F)(F)F)N1CCNC1. The fourth-order valence-electron chi connectivity index (χ4n) is 1.66. The molecule has 19 heavy (non-hydrogen) atoms. The number of alkyl halides is 8. The Morgan fingerprint density at radius 1 is 1.16 bits per heavy atom. The van der Waals surface area contributed by atoms with E-state index in [0.717, 1.165) is 0 Å². The smallest absolute Gasteiger partial charge is 0.303 e. The number of rotatable bonds is 5. The molecule has 1 heterocycles. The van der Waals surface area contributed by atoms with Crippen molar-refractivity contribution in [1.82, 2.24) is 10.2 Å². The van der Waals surface area contributed by atoms with Gasteiger partial charge in [-0.3, -0.25) is 4.74 Å². The standard InChI is InChI=1S/C8H10F8N2O/c9-3-19-8(15,16)6(11,5(10)7(12,13)14)18-2-1-17-4-18/h5,17H,1-4H2. The molecule has 0 aromatic heterocycles. The van der Waals surface area contributed by atoms with Gasteiger partial charge in [0.05, 0.1) is 6.67 Å². The van der Waals surface area contributed by atoms with Crippen LogP contribution in [0.25, 0.3) is 0 Å². The van der Waals surface area contributed by atoms with Crippen LogP contribution in [-0.2, 0) is 4.74 Å². The molecule has 1 saturated heterocycles. The van der Waals surface area contributed by atoms with E-state index in [2.05, 4.69) is 10.1 Å². The Morgan fingerprint density at radius 3 is 2.11 bits per heavy atom. The van der Waals surface area contributed by atoms with E-state index in [-0.39, 0.29) is 11.4 Å². The van der Waals surface area contributed by atoms with Crippen LogP contribution in [-0.4, -0.2) is 55.8 Å². The van der Waals surface area contributed by atoms with Gasteiger partial charge in [0.25, 0.3) is 12.0 Å². The molecule has 114 valence electrons. The van der Waals surface area contributed by atoms with E-state index in [1.807, 2.05) is 0 Å². The highest BCUT2D eigenvalue weighted by Crippen LogP contribution is 2.46. The van der Waals surface area contributed by atoms with E-state index in [1.54, 1.807) is 0 Å². The summed E-state index contributed by atoms with van der Waals surface area (Å²) in [7, 11) is 0. The van der Waals surface area contributed by atoms with E-state index in [0.29, 0.717) is 0 Å². The van der Waals surface area contributed by atoms with Crippen molar-refractivity contribution in [2.45, 2.75) is 24.2 Å². The van der Waals surface area contributed by atoms with Crippen LogP contribution >= 0.6 is 0 Å². The van der Waals surface area contributed by atoms with Crippen molar-refractivity contribution in [3.8, 4) is 0 Å². The molecule has 0 bridgehead atoms. The molecule has 1 rings (SSSR count). The third-order valence-corrected chi connectivity index (χ3v) is 2.59. The molecule has 0 aromatic rings. The summed E-state index contributed by atoms with van der Waals surface area (Å²) >= 11 is 0. The van der Waals surface area contributed by atoms with E-state index < -0.39 is 44.3 Å². The molecule has 1 fully saturated rings. The summed E-state index contributed by atoms with van der Waals surface area (Å²) in [5.74, 6) is -4.85. The number of hydrogen-bond acceptors (Lipinski definition) is 3. The molecule has 0 aliphatic carbocycles. The van der Waals surface area contributed by atoms with E-state index in [9.17, 15) is 35.1 Å². The van der Waals surface area contributed by atoms with Crippen molar-refractivity contribution in [2.75, 3.05) is 26.6 Å². The fraction of sp³-hybridized carbons (Fsp3) is 1.00. The largest absolute Gasteiger partial charge is 0.424 e. The minimum atomic E-state index is -5.89. The summed E-state index contributed by atoms with van der Waals surface area (Å²) in [6.45, 7) is -3.75. The van der Waals surface area contributed by atoms with Gasteiger partial charge in [-0.1, -0.05) is 0 Å². The maximum atomic E-state index is 14.1. The lowest BCUT2D eigenvalue weighted by molar-refractivity contribution is -0.390. The van der Waals surface area contributed by atoms with Crippen LogP contribution in [0.1, 0.15) is 0 Å². The van der Waals surface area contributed by atoms with Crippen LogP contribution in [0.15, 0.2) is 0 Å². The third-order valence-electron chi connectivity index (χ3n) is 2.59. The van der Waals surface area contributed by atoms with Crippen molar-refractivity contribution >= 4 is 0 Å². The Hall–Kier alpha value is -0.680. The van der Waals surface area contributed by atoms with Gasteiger partial charge in [0.1, 0.15) is 0 Å². The second-order valence-corrected chi connectivity index (χ2v) is 3.77. The monoisotopic (exact) mass is 302 g/mol. The fourth-order valence-corrected chi connectivity index (χ4v) is 1.66. The summed E-state index contributed by atoms with van der Waals surface area (Å²) in [6, 6.07) is 0. The summed E-state index contributed by atoms with van der Waals surface area (Å²) < 4.78 is 105. The van der Waals surface area contributed by atoms with Gasteiger partial charge in [-0.2, -0.15) is 22.0 Å². The normalized spacial score (nSPS) is 23.4. The first-order valence-electron chi connectivity index (χ1n) is 5.00. The molecule has 3 nitrogen and oxygen atoms in total. The quantitative estimate of drug-likeness (QED) is 0.620. The average Bonchev–Trinajstić information content (AvgIpc) is 2.79. The molecule has 11 heteroatoms. The van der Waals surface area contributed by atoms with Gasteiger partial charge in [-0.25, -0.2) is 18.1 Å². The minimum absolute atomic E-state index is 0.110. The minimum Gasteiger partial charge on any atom is -0.303 e. The first-order valence-corrected chi connectivity index (χ1v) is 5.00. The van der Waals surface area contributed by atoms with Crippen LogP contribution in [0.3, 0.4) is 0 Å². The number of halogens is 8. The Bertz CT molecular complexity index is 306. The first kappa shape index (κ1) is 16.4. The highest BCUT2D eigenvalue weighted by Gasteiger charge is 2.72. The van der Waals surface area contributed by atoms with Crippen LogP contribution < -0.4 is 5.32 Å². The topological polar surface area (TPSA) is 24.5 Å². The predicted octanol–water partition coefficient (Wildman–Crippen LogP) is 1.95. The van der Waals surface area contributed by atoms with Crippen molar-refractivity contribution in [3.63, 3.8) is 0 Å². The van der Waals surface area contributed by atoms with Gasteiger partial charge in [0.2, 0.25) is 0 Å². The second-order valence-electron chi connectivity index (χ2n) is 3.77. The van der Waals surface area contributed by atoms with Gasteiger partial charge in [-0.05, 0) is 0 Å². The highest BCUT2D eigenvalue weighted by molar-refractivity contribution is 4.99. The van der Waals surface area contributed by atoms with E-state index in [1.165, 1.54) is 0 Å². The lowest BCUT2D eigenvalue weighted by Crippen LogP contribution is -2.66. The lowest BCUT2D eigenvalue weighted by atomic mass is 10.1. The average molecular weight is 302 g/mol. The molecule has 2 atom stereocenters. The van der Waals surface area contributed by atoms with Crippen LogP contribution in [0.5, 0.6) is 0 Å². The van der Waals surface area contributed by atoms with Crippen molar-refractivity contribution < 1.29 is 39.9 Å². The summed E-state index contributed by atoms with van der Waals surface area (Å²) in [4.78, 5) is -0.110. The van der Waals surface area contributed by atoms with Crippen molar-refractivity contribution in [2.24, 2.45) is 0 Å². The zero-order chi connectivity index (χ0) is 14.9. The maximum absolute atomic E-state index is 14.1. The molecule has 0 radical (unpaired) electrons. The lowest BCUT2D eigenvalue weighted by Gasteiger charge is -2.40. The Kier molecular flexibility index (Phi) is 4.62. The zero-order valence-corrected chi connectivity index (χ0v) is 9.28. The summed E-state index contributed by atoms with van der Waals surface area (Å²) in [5.41, 5.74) is 0. The predicted molar refractivity (Wildman–Crippen MR) is 46.4 cm³/mol. The van der Waals surface area contributed by atoms with Gasteiger partial charge < -0.3 is 5.32 Å². The molecule has 0 saturated carbocycles. The molecule has 2 unspecified atom stereocenters. The number of nitrogens with one attached hydrogen (secondary N) is 1. The Labute approximate surface area is 102 Å². The van der Waals surface area contributed by atoms with Crippen LogP contribution in [0.4, 0.5) is 35.1 Å². The molecule has 0 spiro atoms. The Balaban J connectivity index is 3.16. The van der Waals surface area contributed by atoms with Crippen LogP contribution in [0, 0.1) is 0 Å². The third kappa shape index (κ3) is 2.92. The molecular formula is C8H10F8N2O. The highest BCUT2D eigenvalue weighted by atomic mass is 19.4. The second kappa shape index (κ2) is 5.37. The number of hydrogen-bond donors (Lipinski definition) is 1. The number of ether oxygens (including phenoxy) is 1. The molecule has 1 aliphatic heterocycles. The first-order chi connectivity index (χ1) is 8.57. The molecule has 0 amide bonds. The van der Waals surface area contributed by atoms with Crippen molar-refractivity contribution in [1.29, 1.82) is 0 Å². The van der Waals surface area contributed by atoms with Crippen LogP contribution in [0.2, 0.25) is 0 Å². The van der Waals surface area contributed by atoms with E-state index in [4.69, 9.17) is 0 Å². The summed E-state index contributed by atoms with van der Waals surface area (Å²) in [5, 5.41) is 2.27. The molecule has 1 N–H and O–H groups in total. The van der Waals surface area contributed by atoms with Gasteiger partial charge in [0.15, 0.2) is 6.86 Å². The van der Waals surface area contributed by atoms with Gasteiger partial charge in [0, 0.05) is 13.1 Å². The molecule has 1 aliphatic rings. The van der Waals surface area contributed by atoms with E-state index >= 15 is 0 Å². The zero-order valence-electron chi connectivity index (χ0n) is 9.28. The van der Waals surface area contributed by atoms with Gasteiger partial charge in [-0.15, -0.1) is 0 Å². The summed E-state index contributed by atoms with van der Waals surface area (Å²) in [6.07, 6.45) is -15.7. The maximum Gasteiger partial charge on any atom is 0.424 e. The molecular weight excluding hydrogens is 292 g/mol. The molecule has 0 aromatic carbocycles.